The Morgan fingerprint density at radius 2 is 2.30 bits per heavy atom. The molecule has 0 aliphatic carbocycles. The molecule has 1 N–H and O–H groups in total. The molecule has 20 heavy (non-hydrogen) atoms. The molecule has 0 saturated heterocycles. The summed E-state index contributed by atoms with van der Waals surface area (Å²) < 4.78 is 4.67. The minimum absolute atomic E-state index is 0.471. The van der Waals surface area contributed by atoms with Gasteiger partial charge in [0.15, 0.2) is 0 Å². The highest BCUT2D eigenvalue weighted by Crippen LogP contribution is 2.33. The topological polar surface area (TPSA) is 53.9 Å². The van der Waals surface area contributed by atoms with Crippen LogP contribution < -0.4 is 10.2 Å². The Labute approximate surface area is 123 Å². The maximum Gasteiger partial charge on any atom is 0.413 e. The number of alkyl carbamates (subject to hydrolysis) is 1. The minimum atomic E-state index is -0.471. The summed E-state index contributed by atoms with van der Waals surface area (Å²) in [4.78, 5) is 19.3. The maximum absolute atomic E-state index is 11.4. The van der Waals surface area contributed by atoms with Crippen LogP contribution >= 0.6 is 11.3 Å². The Balaban J connectivity index is 2.28. The summed E-state index contributed by atoms with van der Waals surface area (Å²) in [6, 6.07) is 2.25. The number of nitrogens with one attached hydrogen (secondary N) is 1. The first-order valence-corrected chi connectivity index (χ1v) is 7.79. The molecule has 1 aromatic rings. The van der Waals surface area contributed by atoms with Crippen LogP contribution in [0.25, 0.3) is 0 Å². The number of hydrogen-bond donors (Lipinski definition) is 1. The van der Waals surface area contributed by atoms with Gasteiger partial charge in [-0.2, -0.15) is 0 Å². The molecule has 1 aliphatic rings. The molecule has 6 heteroatoms. The predicted octanol–water partition coefficient (Wildman–Crippen LogP) is 2.80. The number of hydrogen-bond acceptors (Lipinski definition) is 5. The van der Waals surface area contributed by atoms with Crippen LogP contribution in [0.1, 0.15) is 30.7 Å². The van der Waals surface area contributed by atoms with E-state index in [9.17, 15) is 4.79 Å². The molecule has 0 bridgehead atoms. The number of thiophene rings is 1. The number of aryl methyl sites for hydroxylation is 2. The van der Waals surface area contributed by atoms with Gasteiger partial charge in [0.1, 0.15) is 5.00 Å². The third kappa shape index (κ3) is 3.12. The van der Waals surface area contributed by atoms with Gasteiger partial charge in [0, 0.05) is 18.0 Å². The lowest BCUT2D eigenvalue weighted by molar-refractivity contribution is 0.176. The highest BCUT2D eigenvalue weighted by atomic mass is 32.1. The number of nitrogens with zero attached hydrogens (tertiary/aromatic N) is 2. The maximum atomic E-state index is 11.4. The fraction of sp³-hybridized carbons (Fsp3) is 0.571. The number of carbonyl (C=O) groups excluding carboxylic acids is 1. The second-order valence-electron chi connectivity index (χ2n) is 4.58. The summed E-state index contributed by atoms with van der Waals surface area (Å²) >= 11 is 1.78. The quantitative estimate of drug-likeness (QED) is 0.933. The molecule has 0 saturated carbocycles. The third-order valence-electron chi connectivity index (χ3n) is 3.27. The fourth-order valence-electron chi connectivity index (χ4n) is 2.18. The van der Waals surface area contributed by atoms with Gasteiger partial charge in [-0.25, -0.2) is 4.79 Å². The van der Waals surface area contributed by atoms with E-state index in [1.165, 1.54) is 22.6 Å². The largest absolute Gasteiger partial charge is 0.453 e. The zero-order valence-electron chi connectivity index (χ0n) is 12.2. The molecule has 0 radical (unpaired) electrons. The molecular formula is C14H21N3O2S. The molecule has 0 fully saturated rings. The van der Waals surface area contributed by atoms with Crippen LogP contribution in [-0.4, -0.2) is 32.3 Å². The fourth-order valence-corrected chi connectivity index (χ4v) is 3.40. The van der Waals surface area contributed by atoms with E-state index >= 15 is 0 Å². The number of guanidine groups is 1. The van der Waals surface area contributed by atoms with Gasteiger partial charge in [-0.15, -0.1) is 11.3 Å². The average Bonchev–Trinajstić information content (AvgIpc) is 2.91. The molecule has 2 heterocycles. The molecule has 2 rings (SSSR count). The van der Waals surface area contributed by atoms with Crippen molar-refractivity contribution in [3.05, 3.63) is 16.5 Å². The zero-order chi connectivity index (χ0) is 14.5. The molecular weight excluding hydrogens is 274 g/mol. The Morgan fingerprint density at radius 1 is 1.50 bits per heavy atom. The van der Waals surface area contributed by atoms with Gasteiger partial charge in [0.25, 0.3) is 0 Å². The second-order valence-corrected chi connectivity index (χ2v) is 5.69. The molecule has 1 amide bonds. The van der Waals surface area contributed by atoms with Gasteiger partial charge < -0.3 is 9.64 Å². The standard InChI is InChI=1S/C14H21N3O2S/c1-4-10-9-11(5-2)20-12(10)17-8-6-7-15-13(17)16-14(18)19-3/h9H,4-8H2,1-3H3,(H,15,16,18). The smallest absolute Gasteiger partial charge is 0.413 e. The van der Waals surface area contributed by atoms with Crippen molar-refractivity contribution in [1.82, 2.24) is 5.32 Å². The van der Waals surface area contributed by atoms with Gasteiger partial charge in [0.2, 0.25) is 5.96 Å². The average molecular weight is 295 g/mol. The molecule has 5 nitrogen and oxygen atoms in total. The lowest BCUT2D eigenvalue weighted by atomic mass is 10.2. The molecule has 0 aromatic carbocycles. The molecule has 1 aromatic heterocycles. The van der Waals surface area contributed by atoms with Crippen molar-refractivity contribution in [3.8, 4) is 0 Å². The lowest BCUT2D eigenvalue weighted by Crippen LogP contribution is -2.47. The summed E-state index contributed by atoms with van der Waals surface area (Å²) in [6.45, 7) is 5.93. The van der Waals surface area contributed by atoms with Crippen LogP contribution in [0.3, 0.4) is 0 Å². The van der Waals surface area contributed by atoms with Crippen molar-refractivity contribution in [2.24, 2.45) is 4.99 Å². The number of methoxy groups -OCH3 is 1. The first-order chi connectivity index (χ1) is 9.69. The third-order valence-corrected chi connectivity index (χ3v) is 4.61. The Hall–Kier alpha value is -1.56. The van der Waals surface area contributed by atoms with Crippen molar-refractivity contribution in [2.45, 2.75) is 33.1 Å². The predicted molar refractivity (Wildman–Crippen MR) is 82.9 cm³/mol. The van der Waals surface area contributed by atoms with E-state index in [1.807, 2.05) is 0 Å². The van der Waals surface area contributed by atoms with Gasteiger partial charge in [-0.1, -0.05) is 13.8 Å². The number of carbonyl (C=O) groups is 1. The summed E-state index contributed by atoms with van der Waals surface area (Å²) in [5, 5.41) is 3.91. The van der Waals surface area contributed by atoms with E-state index in [1.54, 1.807) is 11.3 Å². The summed E-state index contributed by atoms with van der Waals surface area (Å²) in [7, 11) is 1.36. The lowest BCUT2D eigenvalue weighted by Gasteiger charge is -2.28. The van der Waals surface area contributed by atoms with Crippen molar-refractivity contribution in [3.63, 3.8) is 0 Å². The van der Waals surface area contributed by atoms with Gasteiger partial charge >= 0.3 is 6.09 Å². The van der Waals surface area contributed by atoms with Crippen LogP contribution in [0.15, 0.2) is 11.1 Å². The number of aliphatic imine (C=N–C) groups is 1. The van der Waals surface area contributed by atoms with Crippen molar-refractivity contribution in [1.29, 1.82) is 0 Å². The molecule has 0 spiro atoms. The first-order valence-electron chi connectivity index (χ1n) is 6.98. The Kier molecular flexibility index (Phi) is 5.00. The second kappa shape index (κ2) is 6.74. The Bertz CT molecular complexity index is 511. The van der Waals surface area contributed by atoms with Gasteiger partial charge in [0.05, 0.1) is 7.11 Å². The van der Waals surface area contributed by atoms with Crippen LogP contribution in [-0.2, 0) is 17.6 Å². The molecule has 1 aliphatic heterocycles. The number of amides is 1. The van der Waals surface area contributed by atoms with Crippen LogP contribution in [0.2, 0.25) is 0 Å². The van der Waals surface area contributed by atoms with Gasteiger partial charge in [-0.05, 0) is 30.9 Å². The van der Waals surface area contributed by atoms with Gasteiger partial charge in [-0.3, -0.25) is 10.3 Å². The minimum Gasteiger partial charge on any atom is -0.453 e. The van der Waals surface area contributed by atoms with E-state index in [2.05, 4.69) is 39.9 Å². The van der Waals surface area contributed by atoms with Crippen molar-refractivity contribution >= 4 is 28.4 Å². The number of anilines is 1. The summed E-state index contributed by atoms with van der Waals surface area (Å²) in [6.07, 6.45) is 2.53. The van der Waals surface area contributed by atoms with Crippen molar-refractivity contribution in [2.75, 3.05) is 25.1 Å². The Morgan fingerprint density at radius 3 is 2.95 bits per heavy atom. The van der Waals surface area contributed by atoms with E-state index in [0.717, 1.165) is 32.4 Å². The zero-order valence-corrected chi connectivity index (χ0v) is 13.0. The normalized spacial score (nSPS) is 14.9. The molecule has 110 valence electrons. The molecule has 0 atom stereocenters. The molecule has 0 unspecified atom stereocenters. The highest BCUT2D eigenvalue weighted by Gasteiger charge is 2.23. The number of ether oxygens (including phenoxy) is 1. The summed E-state index contributed by atoms with van der Waals surface area (Å²) in [5.74, 6) is 0.599. The van der Waals surface area contributed by atoms with E-state index in [4.69, 9.17) is 0 Å². The van der Waals surface area contributed by atoms with E-state index < -0.39 is 6.09 Å². The number of rotatable bonds is 3. The van der Waals surface area contributed by atoms with E-state index in [0.29, 0.717) is 5.96 Å². The summed E-state index contributed by atoms with van der Waals surface area (Å²) in [5.41, 5.74) is 1.31. The van der Waals surface area contributed by atoms with Crippen molar-refractivity contribution < 1.29 is 9.53 Å². The van der Waals surface area contributed by atoms with Crippen LogP contribution in [0.5, 0.6) is 0 Å². The van der Waals surface area contributed by atoms with Crippen LogP contribution in [0, 0.1) is 0 Å². The monoisotopic (exact) mass is 295 g/mol. The first kappa shape index (κ1) is 14.8. The SMILES string of the molecule is CCc1cc(CC)c(N2CCCN=C2NC(=O)OC)s1. The van der Waals surface area contributed by atoms with Crippen LogP contribution in [0.4, 0.5) is 9.80 Å². The highest BCUT2D eigenvalue weighted by molar-refractivity contribution is 7.16. The van der Waals surface area contributed by atoms with E-state index in [-0.39, 0.29) is 0 Å².